The second kappa shape index (κ2) is 3.71. The Bertz CT molecular complexity index is 443. The summed E-state index contributed by atoms with van der Waals surface area (Å²) < 4.78 is 1.36. The first-order valence-corrected chi connectivity index (χ1v) is 5.75. The van der Waals surface area contributed by atoms with Gasteiger partial charge in [-0.05, 0) is 29.0 Å². The van der Waals surface area contributed by atoms with E-state index in [2.05, 4.69) is 38.1 Å². The highest BCUT2D eigenvalue weighted by Crippen LogP contribution is 2.31. The van der Waals surface area contributed by atoms with Crippen LogP contribution in [-0.2, 0) is 6.54 Å². The number of hydrogen-bond donors (Lipinski definition) is 1. The van der Waals surface area contributed by atoms with Crippen LogP contribution < -0.4 is 5.73 Å². The molecular formula is C12H15NS. The number of nitrogens with two attached hydrogens (primary N) is 1. The van der Waals surface area contributed by atoms with Crippen molar-refractivity contribution in [3.05, 3.63) is 34.7 Å². The summed E-state index contributed by atoms with van der Waals surface area (Å²) in [6.45, 7) is 5.09. The number of rotatable bonds is 2. The van der Waals surface area contributed by atoms with E-state index in [1.807, 2.05) is 11.3 Å². The van der Waals surface area contributed by atoms with Crippen LogP contribution in [0.3, 0.4) is 0 Å². The summed E-state index contributed by atoms with van der Waals surface area (Å²) in [6, 6.07) is 8.76. The van der Waals surface area contributed by atoms with E-state index in [9.17, 15) is 0 Å². The van der Waals surface area contributed by atoms with Crippen LogP contribution in [0.15, 0.2) is 24.3 Å². The SMILES string of the molecule is CC(C)c1cc2ccc(CN)cc2s1. The number of thiophene rings is 1. The fraction of sp³-hybridized carbons (Fsp3) is 0.333. The molecule has 0 aliphatic rings. The average Bonchev–Trinajstić information content (AvgIpc) is 2.59. The minimum Gasteiger partial charge on any atom is -0.326 e. The minimum atomic E-state index is 0.619. The van der Waals surface area contributed by atoms with Gasteiger partial charge in [0.15, 0.2) is 0 Å². The Morgan fingerprint density at radius 1 is 1.29 bits per heavy atom. The third-order valence-electron chi connectivity index (χ3n) is 2.41. The van der Waals surface area contributed by atoms with Gasteiger partial charge in [-0.25, -0.2) is 0 Å². The first kappa shape index (κ1) is 9.69. The van der Waals surface area contributed by atoms with E-state index in [1.54, 1.807) is 0 Å². The fourth-order valence-electron chi connectivity index (χ4n) is 1.51. The summed E-state index contributed by atoms with van der Waals surface area (Å²) in [5.74, 6) is 0.619. The molecule has 2 rings (SSSR count). The van der Waals surface area contributed by atoms with Gasteiger partial charge in [-0.3, -0.25) is 0 Å². The first-order chi connectivity index (χ1) is 6.70. The predicted molar refractivity (Wildman–Crippen MR) is 63.8 cm³/mol. The van der Waals surface area contributed by atoms with E-state index in [-0.39, 0.29) is 0 Å². The molecule has 14 heavy (non-hydrogen) atoms. The molecular weight excluding hydrogens is 190 g/mol. The van der Waals surface area contributed by atoms with Gasteiger partial charge in [-0.15, -0.1) is 11.3 Å². The molecule has 0 saturated heterocycles. The van der Waals surface area contributed by atoms with E-state index in [1.165, 1.54) is 20.5 Å². The van der Waals surface area contributed by atoms with Gasteiger partial charge in [-0.1, -0.05) is 26.0 Å². The topological polar surface area (TPSA) is 26.0 Å². The van der Waals surface area contributed by atoms with E-state index in [0.717, 1.165) is 0 Å². The third kappa shape index (κ3) is 1.68. The normalized spacial score (nSPS) is 11.4. The molecule has 2 aromatic rings. The van der Waals surface area contributed by atoms with Gasteiger partial charge < -0.3 is 5.73 Å². The van der Waals surface area contributed by atoms with Crippen molar-refractivity contribution in [2.45, 2.75) is 26.3 Å². The zero-order chi connectivity index (χ0) is 10.1. The van der Waals surface area contributed by atoms with Crippen LogP contribution >= 0.6 is 11.3 Å². The van der Waals surface area contributed by atoms with Crippen LogP contribution in [0.5, 0.6) is 0 Å². The van der Waals surface area contributed by atoms with Crippen LogP contribution in [0.25, 0.3) is 10.1 Å². The lowest BCUT2D eigenvalue weighted by Gasteiger charge is -1.96. The standard InChI is InChI=1S/C12H15NS/c1-8(2)11-6-10-4-3-9(7-13)5-12(10)14-11/h3-6,8H,7,13H2,1-2H3. The van der Waals surface area contributed by atoms with Crippen LogP contribution in [0.1, 0.15) is 30.2 Å². The lowest BCUT2D eigenvalue weighted by Crippen LogP contribution is -1.94. The monoisotopic (exact) mass is 205 g/mol. The molecule has 2 heteroatoms. The highest BCUT2D eigenvalue weighted by molar-refractivity contribution is 7.19. The summed E-state index contributed by atoms with van der Waals surface area (Å²) in [5, 5.41) is 1.34. The van der Waals surface area contributed by atoms with Crippen molar-refractivity contribution in [2.75, 3.05) is 0 Å². The van der Waals surface area contributed by atoms with E-state index in [0.29, 0.717) is 12.5 Å². The molecule has 0 saturated carbocycles. The second-order valence-electron chi connectivity index (χ2n) is 3.88. The fourth-order valence-corrected chi connectivity index (χ4v) is 2.64. The lowest BCUT2D eigenvalue weighted by molar-refractivity contribution is 0.890. The predicted octanol–water partition coefficient (Wildman–Crippen LogP) is 3.48. The molecule has 74 valence electrons. The molecule has 0 radical (unpaired) electrons. The van der Waals surface area contributed by atoms with Gasteiger partial charge in [0.05, 0.1) is 0 Å². The van der Waals surface area contributed by atoms with Crippen LogP contribution in [0.4, 0.5) is 0 Å². The van der Waals surface area contributed by atoms with E-state index in [4.69, 9.17) is 5.73 Å². The number of fused-ring (bicyclic) bond motifs is 1. The highest BCUT2D eigenvalue weighted by Gasteiger charge is 2.05. The minimum absolute atomic E-state index is 0.619. The molecule has 2 N–H and O–H groups in total. The van der Waals surface area contributed by atoms with E-state index >= 15 is 0 Å². The average molecular weight is 205 g/mol. The van der Waals surface area contributed by atoms with E-state index < -0.39 is 0 Å². The molecule has 0 unspecified atom stereocenters. The van der Waals surface area contributed by atoms with Gasteiger partial charge >= 0.3 is 0 Å². The van der Waals surface area contributed by atoms with Crippen molar-refractivity contribution in [1.82, 2.24) is 0 Å². The molecule has 0 spiro atoms. The van der Waals surface area contributed by atoms with Gasteiger partial charge in [0.2, 0.25) is 0 Å². The molecule has 0 fully saturated rings. The Hall–Kier alpha value is -0.860. The van der Waals surface area contributed by atoms with Crippen LogP contribution in [0.2, 0.25) is 0 Å². The lowest BCUT2D eigenvalue weighted by atomic mass is 10.1. The molecule has 0 bridgehead atoms. The molecule has 0 amide bonds. The van der Waals surface area contributed by atoms with Crippen molar-refractivity contribution in [3.63, 3.8) is 0 Å². The Morgan fingerprint density at radius 3 is 2.71 bits per heavy atom. The summed E-state index contributed by atoms with van der Waals surface area (Å²) in [5.41, 5.74) is 6.83. The Labute approximate surface area is 88.6 Å². The van der Waals surface area contributed by atoms with Crippen molar-refractivity contribution < 1.29 is 0 Å². The molecule has 1 heterocycles. The number of benzene rings is 1. The number of hydrogen-bond acceptors (Lipinski definition) is 2. The van der Waals surface area contributed by atoms with Crippen LogP contribution in [0, 0.1) is 0 Å². The van der Waals surface area contributed by atoms with Crippen LogP contribution in [-0.4, -0.2) is 0 Å². The van der Waals surface area contributed by atoms with Crippen molar-refractivity contribution >= 4 is 21.4 Å². The molecule has 1 nitrogen and oxygen atoms in total. The zero-order valence-corrected chi connectivity index (χ0v) is 9.40. The molecule has 1 aromatic heterocycles. The summed E-state index contributed by atoms with van der Waals surface area (Å²) >= 11 is 1.88. The second-order valence-corrected chi connectivity index (χ2v) is 5.00. The Morgan fingerprint density at radius 2 is 2.07 bits per heavy atom. The quantitative estimate of drug-likeness (QED) is 0.798. The zero-order valence-electron chi connectivity index (χ0n) is 8.58. The van der Waals surface area contributed by atoms with Gasteiger partial charge in [0.1, 0.15) is 0 Å². The summed E-state index contributed by atoms with van der Waals surface area (Å²) in [7, 11) is 0. The summed E-state index contributed by atoms with van der Waals surface area (Å²) in [6.07, 6.45) is 0. The van der Waals surface area contributed by atoms with Crippen molar-refractivity contribution in [3.8, 4) is 0 Å². The van der Waals surface area contributed by atoms with Gasteiger partial charge in [-0.2, -0.15) is 0 Å². The molecule has 0 aliphatic heterocycles. The Kier molecular flexibility index (Phi) is 2.57. The largest absolute Gasteiger partial charge is 0.326 e. The Balaban J connectivity index is 2.54. The maximum atomic E-state index is 5.61. The molecule has 0 atom stereocenters. The smallest absolute Gasteiger partial charge is 0.0348 e. The van der Waals surface area contributed by atoms with Gasteiger partial charge in [0.25, 0.3) is 0 Å². The molecule has 1 aromatic carbocycles. The van der Waals surface area contributed by atoms with Crippen molar-refractivity contribution in [1.29, 1.82) is 0 Å². The maximum Gasteiger partial charge on any atom is 0.0348 e. The highest BCUT2D eigenvalue weighted by atomic mass is 32.1. The molecule has 0 aliphatic carbocycles. The van der Waals surface area contributed by atoms with Crippen molar-refractivity contribution in [2.24, 2.45) is 5.73 Å². The third-order valence-corrected chi connectivity index (χ3v) is 3.81. The first-order valence-electron chi connectivity index (χ1n) is 4.93. The van der Waals surface area contributed by atoms with Gasteiger partial charge in [0, 0.05) is 16.1 Å². The maximum absolute atomic E-state index is 5.61. The summed E-state index contributed by atoms with van der Waals surface area (Å²) in [4.78, 5) is 1.45.